The third-order valence-electron chi connectivity index (χ3n) is 5.03. The van der Waals surface area contributed by atoms with Crippen molar-refractivity contribution in [2.24, 2.45) is 0 Å². The van der Waals surface area contributed by atoms with Crippen LogP contribution in [0.5, 0.6) is 5.75 Å². The zero-order chi connectivity index (χ0) is 20.1. The molecule has 1 N–H and O–H groups in total. The summed E-state index contributed by atoms with van der Waals surface area (Å²) in [6, 6.07) is 27.6. The van der Waals surface area contributed by atoms with E-state index in [9.17, 15) is 5.11 Å². The lowest BCUT2D eigenvalue weighted by Gasteiger charge is -2.28. The summed E-state index contributed by atoms with van der Waals surface area (Å²) < 4.78 is 5.54. The summed E-state index contributed by atoms with van der Waals surface area (Å²) in [4.78, 5) is 6.79. The fourth-order valence-electron chi connectivity index (χ4n) is 3.33. The van der Waals surface area contributed by atoms with Crippen LogP contribution in [0.3, 0.4) is 0 Å². The summed E-state index contributed by atoms with van der Waals surface area (Å²) in [5.74, 6) is 1.41. The Bertz CT molecular complexity index is 1050. The molecule has 5 nitrogen and oxygen atoms in total. The summed E-state index contributed by atoms with van der Waals surface area (Å²) in [7, 11) is 0. The summed E-state index contributed by atoms with van der Waals surface area (Å²) >= 11 is 0. The molecule has 29 heavy (non-hydrogen) atoms. The second-order valence-corrected chi connectivity index (χ2v) is 7.00. The van der Waals surface area contributed by atoms with Gasteiger partial charge in [0.15, 0.2) is 0 Å². The Kier molecular flexibility index (Phi) is 5.68. The van der Waals surface area contributed by atoms with Crippen molar-refractivity contribution >= 4 is 0 Å². The number of phenolic OH excluding ortho intramolecular Hbond substituents is 1. The third kappa shape index (κ3) is 4.52. The molecule has 0 aliphatic rings. The van der Waals surface area contributed by atoms with Crippen LogP contribution in [0.2, 0.25) is 0 Å². The minimum atomic E-state index is 0.0999. The molecule has 0 bridgehead atoms. The van der Waals surface area contributed by atoms with Crippen molar-refractivity contribution in [3.05, 3.63) is 102 Å². The maximum absolute atomic E-state index is 10.3. The molecule has 146 valence electrons. The minimum absolute atomic E-state index is 0.0999. The topological polar surface area (TPSA) is 62.4 Å². The van der Waals surface area contributed by atoms with E-state index in [4.69, 9.17) is 4.52 Å². The van der Waals surface area contributed by atoms with Gasteiger partial charge in [0.2, 0.25) is 11.7 Å². The molecule has 0 saturated heterocycles. The molecule has 0 amide bonds. The largest absolute Gasteiger partial charge is 0.508 e. The lowest BCUT2D eigenvalue weighted by Crippen LogP contribution is -2.26. The smallest absolute Gasteiger partial charge is 0.241 e. The zero-order valence-corrected chi connectivity index (χ0v) is 16.3. The first-order valence-corrected chi connectivity index (χ1v) is 9.64. The molecule has 0 saturated carbocycles. The maximum Gasteiger partial charge on any atom is 0.241 e. The van der Waals surface area contributed by atoms with Gasteiger partial charge < -0.3 is 9.63 Å². The lowest BCUT2D eigenvalue weighted by molar-refractivity contribution is 0.165. The highest BCUT2D eigenvalue weighted by Gasteiger charge is 2.21. The van der Waals surface area contributed by atoms with Crippen molar-refractivity contribution in [3.63, 3.8) is 0 Å². The molecule has 5 heteroatoms. The van der Waals surface area contributed by atoms with E-state index < -0.39 is 0 Å². The number of aromatic hydroxyl groups is 1. The Morgan fingerprint density at radius 3 is 2.24 bits per heavy atom. The van der Waals surface area contributed by atoms with Crippen LogP contribution in [-0.2, 0) is 13.1 Å². The van der Waals surface area contributed by atoms with Gasteiger partial charge in [0.05, 0.1) is 6.54 Å². The van der Waals surface area contributed by atoms with Gasteiger partial charge in [-0.1, -0.05) is 84.0 Å². The number of benzene rings is 3. The van der Waals surface area contributed by atoms with E-state index in [0.717, 1.165) is 11.1 Å². The predicted octanol–water partition coefficient (Wildman–Crippen LogP) is 5.21. The third-order valence-corrected chi connectivity index (χ3v) is 5.03. The molecule has 4 rings (SSSR count). The first-order valence-electron chi connectivity index (χ1n) is 9.64. The Morgan fingerprint density at radius 1 is 0.862 bits per heavy atom. The highest BCUT2D eigenvalue weighted by molar-refractivity contribution is 5.53. The van der Waals surface area contributed by atoms with E-state index >= 15 is 0 Å². The minimum Gasteiger partial charge on any atom is -0.508 e. The van der Waals surface area contributed by atoms with Gasteiger partial charge in [0.1, 0.15) is 5.75 Å². The molecule has 0 unspecified atom stereocenters. The number of nitrogens with zero attached hydrogens (tertiary/aromatic N) is 3. The van der Waals surface area contributed by atoms with Crippen LogP contribution in [0.1, 0.15) is 30.0 Å². The molecule has 0 fully saturated rings. The number of rotatable bonds is 7. The van der Waals surface area contributed by atoms with Gasteiger partial charge in [-0.15, -0.1) is 0 Å². The molecule has 1 aromatic heterocycles. The Balaban J connectivity index is 1.60. The predicted molar refractivity (Wildman–Crippen MR) is 112 cm³/mol. The fourth-order valence-corrected chi connectivity index (χ4v) is 3.33. The van der Waals surface area contributed by atoms with E-state index in [1.807, 2.05) is 66.7 Å². The Labute approximate surface area is 170 Å². The summed E-state index contributed by atoms with van der Waals surface area (Å²) in [6.07, 6.45) is 0. The number of hydrogen-bond donors (Lipinski definition) is 1. The van der Waals surface area contributed by atoms with Crippen molar-refractivity contribution in [2.75, 3.05) is 0 Å². The molecular formula is C24H23N3O2. The molecule has 0 spiro atoms. The average Bonchev–Trinajstić information content (AvgIpc) is 3.24. The van der Waals surface area contributed by atoms with Gasteiger partial charge in [-0.2, -0.15) is 4.98 Å². The number of hydrogen-bond acceptors (Lipinski definition) is 5. The van der Waals surface area contributed by atoms with E-state index in [1.54, 1.807) is 6.07 Å². The second-order valence-electron chi connectivity index (χ2n) is 7.00. The van der Waals surface area contributed by atoms with Gasteiger partial charge in [-0.05, 0) is 18.6 Å². The van der Waals surface area contributed by atoms with Crippen LogP contribution in [-0.4, -0.2) is 20.1 Å². The van der Waals surface area contributed by atoms with Gasteiger partial charge in [0.25, 0.3) is 0 Å². The van der Waals surface area contributed by atoms with Gasteiger partial charge in [-0.3, -0.25) is 4.90 Å². The van der Waals surface area contributed by atoms with Gasteiger partial charge >= 0.3 is 0 Å². The molecule has 0 aliphatic heterocycles. The summed E-state index contributed by atoms with van der Waals surface area (Å²) in [6.45, 7) is 3.18. The maximum atomic E-state index is 10.3. The molecule has 0 aliphatic carbocycles. The summed E-state index contributed by atoms with van der Waals surface area (Å²) in [5.41, 5.74) is 2.97. The van der Waals surface area contributed by atoms with Crippen molar-refractivity contribution in [3.8, 4) is 17.1 Å². The Morgan fingerprint density at radius 2 is 1.52 bits per heavy atom. The SMILES string of the molecule is C[C@H](c1ccccc1)N(Cc1nc(-c2ccccc2)no1)Cc1ccccc1O. The van der Waals surface area contributed by atoms with Crippen molar-refractivity contribution < 1.29 is 9.63 Å². The van der Waals surface area contributed by atoms with Crippen LogP contribution in [0, 0.1) is 0 Å². The van der Waals surface area contributed by atoms with Crippen LogP contribution in [0.4, 0.5) is 0 Å². The van der Waals surface area contributed by atoms with E-state index in [-0.39, 0.29) is 11.8 Å². The van der Waals surface area contributed by atoms with Crippen molar-refractivity contribution in [1.29, 1.82) is 0 Å². The van der Waals surface area contributed by atoms with Crippen LogP contribution in [0.25, 0.3) is 11.4 Å². The van der Waals surface area contributed by atoms with Gasteiger partial charge in [0, 0.05) is 23.7 Å². The lowest BCUT2D eigenvalue weighted by atomic mass is 10.1. The first-order chi connectivity index (χ1) is 14.2. The normalized spacial score (nSPS) is 12.2. The van der Waals surface area contributed by atoms with E-state index in [1.165, 1.54) is 5.56 Å². The quantitative estimate of drug-likeness (QED) is 0.473. The number of phenols is 1. The molecule has 1 atom stereocenters. The molecule has 0 radical (unpaired) electrons. The summed E-state index contributed by atoms with van der Waals surface area (Å²) in [5, 5.41) is 14.4. The number of para-hydroxylation sites is 1. The zero-order valence-electron chi connectivity index (χ0n) is 16.3. The van der Waals surface area contributed by atoms with E-state index in [0.29, 0.717) is 24.8 Å². The molecular weight excluding hydrogens is 362 g/mol. The standard InChI is InChI=1S/C24H23N3O2/c1-18(19-10-4-2-5-11-19)27(16-21-14-8-9-15-22(21)28)17-23-25-24(26-29-23)20-12-6-3-7-13-20/h2-15,18,28H,16-17H2,1H3/t18-/m1/s1. The van der Waals surface area contributed by atoms with Crippen molar-refractivity contribution in [2.45, 2.75) is 26.1 Å². The van der Waals surface area contributed by atoms with Gasteiger partial charge in [-0.25, -0.2) is 0 Å². The second kappa shape index (κ2) is 8.71. The highest BCUT2D eigenvalue weighted by atomic mass is 16.5. The average molecular weight is 385 g/mol. The van der Waals surface area contributed by atoms with E-state index in [2.05, 4.69) is 34.1 Å². The fraction of sp³-hybridized carbons (Fsp3) is 0.167. The van der Waals surface area contributed by atoms with Crippen molar-refractivity contribution in [1.82, 2.24) is 15.0 Å². The highest BCUT2D eigenvalue weighted by Crippen LogP contribution is 2.27. The monoisotopic (exact) mass is 385 g/mol. The van der Waals surface area contributed by atoms with Crippen LogP contribution in [0.15, 0.2) is 89.5 Å². The molecule has 1 heterocycles. The van der Waals surface area contributed by atoms with Crippen LogP contribution >= 0.6 is 0 Å². The van der Waals surface area contributed by atoms with Crippen LogP contribution < -0.4 is 0 Å². The Hall–Kier alpha value is -3.44. The number of aromatic nitrogens is 2. The first kappa shape index (κ1) is 18.9. The molecule has 4 aromatic rings. The molecule has 3 aromatic carbocycles.